The van der Waals surface area contributed by atoms with Crippen molar-refractivity contribution in [2.45, 2.75) is 26.5 Å². The van der Waals surface area contributed by atoms with Gasteiger partial charge in [-0.1, -0.05) is 12.1 Å². The second kappa shape index (κ2) is 8.37. The van der Waals surface area contributed by atoms with Gasteiger partial charge in [0.1, 0.15) is 23.2 Å². The summed E-state index contributed by atoms with van der Waals surface area (Å²) >= 11 is 0. The minimum Gasteiger partial charge on any atom is -0.510 e. The Morgan fingerprint density at radius 1 is 1.22 bits per heavy atom. The third kappa shape index (κ3) is 3.91. The van der Waals surface area contributed by atoms with Crippen molar-refractivity contribution < 1.29 is 19.4 Å². The van der Waals surface area contributed by atoms with Crippen molar-refractivity contribution in [1.29, 1.82) is 5.41 Å². The summed E-state index contributed by atoms with van der Waals surface area (Å²) in [5, 5.41) is 19.3. The van der Waals surface area contributed by atoms with Crippen LogP contribution in [-0.4, -0.2) is 51.1 Å². The molecule has 0 fully saturated rings. The quantitative estimate of drug-likeness (QED) is 0.571. The number of nitrogens with zero attached hydrogens (tertiary/aromatic N) is 3. The molecular formula is C24H26N4O4. The lowest BCUT2D eigenvalue weighted by molar-refractivity contribution is 0.0378. The molecule has 2 aromatic carbocycles. The molecule has 0 saturated heterocycles. The van der Waals surface area contributed by atoms with E-state index in [1.807, 2.05) is 55.8 Å². The monoisotopic (exact) mass is 434 g/mol. The number of aliphatic hydroxyl groups excluding tert-OH is 1. The highest BCUT2D eigenvalue weighted by Gasteiger charge is 2.31. The number of nitrogens with one attached hydrogen (secondary N) is 1. The van der Waals surface area contributed by atoms with Crippen LogP contribution in [0.15, 0.2) is 48.2 Å². The first kappa shape index (κ1) is 21.4. The number of aryl methyl sites for hydroxylation is 1. The minimum absolute atomic E-state index is 0.109. The van der Waals surface area contributed by atoms with Crippen LogP contribution in [0.5, 0.6) is 5.75 Å². The van der Waals surface area contributed by atoms with Crippen LogP contribution in [0.25, 0.3) is 16.6 Å². The number of aromatic nitrogens is 2. The van der Waals surface area contributed by atoms with Gasteiger partial charge in [-0.3, -0.25) is 5.41 Å². The van der Waals surface area contributed by atoms with E-state index in [-0.39, 0.29) is 30.2 Å². The Balaban J connectivity index is 1.54. The van der Waals surface area contributed by atoms with E-state index in [2.05, 4.69) is 4.98 Å². The van der Waals surface area contributed by atoms with Crippen LogP contribution in [-0.2, 0) is 18.3 Å². The predicted octanol–water partition coefficient (Wildman–Crippen LogP) is 3.91. The Morgan fingerprint density at radius 3 is 2.59 bits per heavy atom. The van der Waals surface area contributed by atoms with Crippen LogP contribution >= 0.6 is 0 Å². The molecule has 0 atom stereocenters. The molecule has 0 aliphatic carbocycles. The van der Waals surface area contributed by atoms with Crippen LogP contribution in [0.2, 0.25) is 0 Å². The van der Waals surface area contributed by atoms with Crippen LogP contribution in [0.3, 0.4) is 0 Å². The van der Waals surface area contributed by atoms with Gasteiger partial charge in [0.15, 0.2) is 0 Å². The highest BCUT2D eigenvalue weighted by molar-refractivity contribution is 6.23. The molecular weight excluding hydrogens is 408 g/mol. The summed E-state index contributed by atoms with van der Waals surface area (Å²) in [6.45, 7) is 4.26. The van der Waals surface area contributed by atoms with Crippen molar-refractivity contribution in [1.82, 2.24) is 14.5 Å². The van der Waals surface area contributed by atoms with Crippen molar-refractivity contribution in [3.8, 4) is 5.75 Å². The maximum Gasteiger partial charge on any atom is 0.338 e. The molecule has 3 aromatic rings. The number of fused-ring (bicyclic) bond motifs is 1. The van der Waals surface area contributed by atoms with E-state index < -0.39 is 0 Å². The molecule has 0 saturated carbocycles. The number of hydrogen-bond donors (Lipinski definition) is 2. The summed E-state index contributed by atoms with van der Waals surface area (Å²) in [4.78, 5) is 18.4. The highest BCUT2D eigenvalue weighted by atomic mass is 16.5. The van der Waals surface area contributed by atoms with Crippen LogP contribution in [0.4, 0.5) is 0 Å². The Hall–Kier alpha value is -3.81. The van der Waals surface area contributed by atoms with E-state index in [4.69, 9.17) is 14.9 Å². The number of carbonyl (C=O) groups is 1. The van der Waals surface area contributed by atoms with Gasteiger partial charge in [0.25, 0.3) is 0 Å². The molecule has 0 unspecified atom stereocenters. The van der Waals surface area contributed by atoms with Crippen molar-refractivity contribution in [3.05, 3.63) is 65.2 Å². The number of methoxy groups -OCH3 is 1. The lowest BCUT2D eigenvalue weighted by Crippen LogP contribution is -2.26. The van der Waals surface area contributed by atoms with Crippen LogP contribution < -0.4 is 4.74 Å². The molecule has 166 valence electrons. The number of esters is 1. The van der Waals surface area contributed by atoms with Crippen molar-refractivity contribution in [2.75, 3.05) is 13.7 Å². The molecule has 0 amide bonds. The van der Waals surface area contributed by atoms with Gasteiger partial charge in [0.05, 0.1) is 41.9 Å². The normalized spacial score (nSPS) is 14.0. The molecule has 0 bridgehead atoms. The molecule has 0 radical (unpaired) electrons. The van der Waals surface area contributed by atoms with E-state index in [1.165, 1.54) is 0 Å². The summed E-state index contributed by atoms with van der Waals surface area (Å²) < 4.78 is 12.4. The van der Waals surface area contributed by atoms with Crippen LogP contribution in [0, 0.1) is 5.41 Å². The summed E-state index contributed by atoms with van der Waals surface area (Å²) in [7, 11) is 3.46. The molecule has 0 spiro atoms. The SMILES string of the molecule is COc1ccc2c(c1)nc(C1=C(O)CN(Cc3ccc(C(=O)OC(C)C)cc3)C1=N)n2C. The standard InChI is InChI=1S/C24H26N4O4/c1-14(2)32-24(30)16-7-5-15(6-8-16)12-28-13-20(29)21(22(28)25)23-26-18-11-17(31-4)9-10-19(18)27(23)3/h5-11,14,25,29H,12-13H2,1-4H3. The van der Waals surface area contributed by atoms with Gasteiger partial charge >= 0.3 is 5.97 Å². The first-order chi connectivity index (χ1) is 15.3. The largest absolute Gasteiger partial charge is 0.510 e. The Morgan fingerprint density at radius 2 is 1.94 bits per heavy atom. The smallest absolute Gasteiger partial charge is 0.338 e. The number of aliphatic hydroxyl groups is 1. The van der Waals surface area contributed by atoms with Gasteiger partial charge in [-0.25, -0.2) is 9.78 Å². The van der Waals surface area contributed by atoms with Gasteiger partial charge in [-0.2, -0.15) is 0 Å². The molecule has 1 aliphatic rings. The average Bonchev–Trinajstić information content (AvgIpc) is 3.22. The lowest BCUT2D eigenvalue weighted by Gasteiger charge is -2.19. The van der Waals surface area contributed by atoms with Gasteiger partial charge in [0, 0.05) is 19.7 Å². The van der Waals surface area contributed by atoms with E-state index in [9.17, 15) is 9.90 Å². The van der Waals surface area contributed by atoms with E-state index >= 15 is 0 Å². The zero-order valence-corrected chi connectivity index (χ0v) is 18.5. The number of imidazole rings is 1. The molecule has 1 aliphatic heterocycles. The lowest BCUT2D eigenvalue weighted by atomic mass is 10.1. The Kier molecular flexibility index (Phi) is 5.61. The van der Waals surface area contributed by atoms with Crippen molar-refractivity contribution in [3.63, 3.8) is 0 Å². The van der Waals surface area contributed by atoms with Crippen LogP contribution in [0.1, 0.15) is 35.6 Å². The number of carbonyl (C=O) groups excluding carboxylic acids is 1. The fourth-order valence-corrected chi connectivity index (χ4v) is 3.78. The third-order valence-corrected chi connectivity index (χ3v) is 5.40. The van der Waals surface area contributed by atoms with Gasteiger partial charge < -0.3 is 24.0 Å². The topological polar surface area (TPSA) is 101 Å². The first-order valence-electron chi connectivity index (χ1n) is 10.3. The number of amidine groups is 1. The van der Waals surface area contributed by atoms with E-state index in [0.29, 0.717) is 29.3 Å². The fraction of sp³-hybridized carbons (Fsp3) is 0.292. The molecule has 1 aromatic heterocycles. The van der Waals surface area contributed by atoms with Crippen molar-refractivity contribution in [2.24, 2.45) is 7.05 Å². The molecule has 8 nitrogen and oxygen atoms in total. The average molecular weight is 434 g/mol. The van der Waals surface area contributed by atoms with E-state index in [1.54, 1.807) is 24.1 Å². The summed E-state index contributed by atoms with van der Waals surface area (Å²) in [5.74, 6) is 1.18. The molecule has 8 heteroatoms. The number of benzene rings is 2. The summed E-state index contributed by atoms with van der Waals surface area (Å²) in [5.41, 5.74) is 3.43. The number of ether oxygens (including phenoxy) is 2. The highest BCUT2D eigenvalue weighted by Crippen LogP contribution is 2.31. The molecule has 2 heterocycles. The summed E-state index contributed by atoms with van der Waals surface area (Å²) in [6.07, 6.45) is -0.177. The molecule has 32 heavy (non-hydrogen) atoms. The predicted molar refractivity (Wildman–Crippen MR) is 122 cm³/mol. The maximum atomic E-state index is 12.0. The second-order valence-corrected chi connectivity index (χ2v) is 8.03. The van der Waals surface area contributed by atoms with Crippen molar-refractivity contribution >= 4 is 28.4 Å². The van der Waals surface area contributed by atoms with Gasteiger partial charge in [-0.15, -0.1) is 0 Å². The number of hydrogen-bond acceptors (Lipinski definition) is 6. The molecule has 4 rings (SSSR count). The molecule has 2 N–H and O–H groups in total. The fourth-order valence-electron chi connectivity index (χ4n) is 3.78. The van der Waals surface area contributed by atoms with E-state index in [0.717, 1.165) is 16.6 Å². The maximum absolute atomic E-state index is 12.0. The third-order valence-electron chi connectivity index (χ3n) is 5.40. The zero-order chi connectivity index (χ0) is 23.0. The van der Waals surface area contributed by atoms with Gasteiger partial charge in [0.2, 0.25) is 0 Å². The summed E-state index contributed by atoms with van der Waals surface area (Å²) in [6, 6.07) is 12.7. The van der Waals surface area contributed by atoms with Gasteiger partial charge in [-0.05, 0) is 43.7 Å². The Labute approximate surface area is 186 Å². The number of rotatable bonds is 6. The first-order valence-corrected chi connectivity index (χ1v) is 10.3. The Bertz CT molecular complexity index is 1220. The zero-order valence-electron chi connectivity index (χ0n) is 18.5. The minimum atomic E-state index is -0.361. The second-order valence-electron chi connectivity index (χ2n) is 8.03.